The van der Waals surface area contributed by atoms with Crippen LogP contribution in [-0.2, 0) is 4.79 Å². The first-order valence-electron chi connectivity index (χ1n) is 8.37. The second-order valence-corrected chi connectivity index (χ2v) is 6.72. The Labute approximate surface area is 151 Å². The number of amides is 1. The van der Waals surface area contributed by atoms with Gasteiger partial charge in [0.2, 0.25) is 5.88 Å². The van der Waals surface area contributed by atoms with Crippen LogP contribution in [0.3, 0.4) is 0 Å². The molecule has 0 saturated carbocycles. The third-order valence-corrected chi connectivity index (χ3v) is 4.78. The molecule has 1 aromatic carbocycles. The molecule has 0 spiro atoms. The lowest BCUT2D eigenvalue weighted by molar-refractivity contribution is -0.123. The maximum Gasteiger partial charge on any atom is 0.258 e. The number of ether oxygens (including phenoxy) is 1. The van der Waals surface area contributed by atoms with E-state index in [2.05, 4.69) is 58.8 Å². The summed E-state index contributed by atoms with van der Waals surface area (Å²) in [5, 5.41) is 5.76. The van der Waals surface area contributed by atoms with E-state index < -0.39 is 0 Å². The van der Waals surface area contributed by atoms with Gasteiger partial charge in [-0.05, 0) is 18.9 Å². The van der Waals surface area contributed by atoms with Gasteiger partial charge < -0.3 is 10.1 Å². The topological polar surface area (TPSA) is 64.1 Å². The van der Waals surface area contributed by atoms with Crippen LogP contribution >= 0.6 is 11.3 Å². The van der Waals surface area contributed by atoms with Crippen molar-refractivity contribution in [3.8, 4) is 17.0 Å². The highest BCUT2D eigenvalue weighted by molar-refractivity contribution is 7.17. The number of hydrogen-bond acceptors (Lipinski definition) is 5. The molecule has 0 fully saturated rings. The van der Waals surface area contributed by atoms with E-state index in [9.17, 15) is 4.79 Å². The molecule has 6 heteroatoms. The van der Waals surface area contributed by atoms with Crippen LogP contribution in [0.4, 0.5) is 0 Å². The lowest BCUT2D eigenvalue weighted by atomic mass is 10.0. The molecule has 2 aromatic heterocycles. The zero-order valence-electron chi connectivity index (χ0n) is 14.4. The van der Waals surface area contributed by atoms with E-state index in [0.717, 1.165) is 34.2 Å². The van der Waals surface area contributed by atoms with Gasteiger partial charge in [-0.15, -0.1) is 11.3 Å². The van der Waals surface area contributed by atoms with E-state index in [0.29, 0.717) is 12.4 Å². The Balaban J connectivity index is 1.82. The van der Waals surface area contributed by atoms with Crippen molar-refractivity contribution in [2.24, 2.45) is 0 Å². The Morgan fingerprint density at radius 2 is 2.04 bits per heavy atom. The van der Waals surface area contributed by atoms with Crippen LogP contribution in [0.2, 0.25) is 0 Å². The highest BCUT2D eigenvalue weighted by atomic mass is 32.1. The fourth-order valence-electron chi connectivity index (χ4n) is 2.49. The van der Waals surface area contributed by atoms with Crippen molar-refractivity contribution >= 4 is 27.5 Å². The van der Waals surface area contributed by atoms with E-state index in [1.807, 2.05) is 0 Å². The van der Waals surface area contributed by atoms with E-state index in [1.54, 1.807) is 11.3 Å². The number of aryl methyl sites for hydroxylation is 1. The molecule has 130 valence electrons. The molecule has 3 aromatic rings. The normalized spacial score (nSPS) is 10.8. The zero-order chi connectivity index (χ0) is 17.6. The summed E-state index contributed by atoms with van der Waals surface area (Å²) in [6.45, 7) is 4.78. The molecular formula is C19H21N3O2S. The monoisotopic (exact) mass is 355 g/mol. The molecule has 1 N–H and O–H groups in total. The van der Waals surface area contributed by atoms with Gasteiger partial charge in [-0.2, -0.15) is 0 Å². The largest absolute Gasteiger partial charge is 0.467 e. The van der Waals surface area contributed by atoms with Crippen molar-refractivity contribution in [1.82, 2.24) is 15.3 Å². The molecular weight excluding hydrogens is 334 g/mol. The van der Waals surface area contributed by atoms with Gasteiger partial charge in [0.25, 0.3) is 5.91 Å². The van der Waals surface area contributed by atoms with Crippen molar-refractivity contribution in [2.75, 3.05) is 13.2 Å². The highest BCUT2D eigenvalue weighted by Crippen LogP contribution is 2.37. The molecule has 0 unspecified atom stereocenters. The minimum atomic E-state index is -0.132. The van der Waals surface area contributed by atoms with Gasteiger partial charge in [0.1, 0.15) is 11.2 Å². The molecule has 25 heavy (non-hydrogen) atoms. The molecule has 0 radical (unpaired) electrons. The second-order valence-electron chi connectivity index (χ2n) is 5.87. The Morgan fingerprint density at radius 3 is 2.80 bits per heavy atom. The first-order chi connectivity index (χ1) is 12.2. The number of hydrogen-bond donors (Lipinski definition) is 1. The number of carbonyl (C=O) groups excluding carboxylic acids is 1. The average molecular weight is 355 g/mol. The molecule has 0 aliphatic rings. The Bertz CT molecular complexity index is 859. The van der Waals surface area contributed by atoms with Gasteiger partial charge in [-0.3, -0.25) is 4.79 Å². The van der Waals surface area contributed by atoms with Crippen LogP contribution in [0.15, 0.2) is 36.0 Å². The number of aromatic nitrogens is 2. The Hall–Kier alpha value is -2.47. The van der Waals surface area contributed by atoms with Gasteiger partial charge >= 0.3 is 0 Å². The summed E-state index contributed by atoms with van der Waals surface area (Å²) in [7, 11) is 0. The number of nitrogens with one attached hydrogen (secondary N) is 1. The SMILES string of the molecule is CCCCNC(=O)COc1ncnc2scc(-c3ccc(C)cc3)c12. The van der Waals surface area contributed by atoms with Crippen LogP contribution in [0.5, 0.6) is 5.88 Å². The summed E-state index contributed by atoms with van der Waals surface area (Å²) in [6.07, 6.45) is 3.48. The van der Waals surface area contributed by atoms with Gasteiger partial charge in [-0.1, -0.05) is 43.2 Å². The molecule has 0 aliphatic heterocycles. The molecule has 1 amide bonds. The van der Waals surface area contributed by atoms with E-state index in [1.165, 1.54) is 11.9 Å². The third-order valence-electron chi connectivity index (χ3n) is 3.89. The third kappa shape index (κ3) is 4.14. The van der Waals surface area contributed by atoms with E-state index in [4.69, 9.17) is 4.74 Å². The Kier molecular flexibility index (Phi) is 5.60. The summed E-state index contributed by atoms with van der Waals surface area (Å²) in [6, 6.07) is 8.30. The van der Waals surface area contributed by atoms with Crippen molar-refractivity contribution in [2.45, 2.75) is 26.7 Å². The molecule has 0 atom stereocenters. The molecule has 0 bridgehead atoms. The lowest BCUT2D eigenvalue weighted by Gasteiger charge is -2.08. The van der Waals surface area contributed by atoms with Crippen molar-refractivity contribution in [3.05, 3.63) is 41.5 Å². The standard InChI is InChI=1S/C19H21N3O2S/c1-3-4-9-20-16(23)10-24-18-17-15(11-25-19(17)22-12-21-18)14-7-5-13(2)6-8-14/h5-8,11-12H,3-4,9-10H2,1-2H3,(H,20,23). The fraction of sp³-hybridized carbons (Fsp3) is 0.316. The van der Waals surface area contributed by atoms with Crippen LogP contribution in [0.25, 0.3) is 21.3 Å². The number of unbranched alkanes of at least 4 members (excludes halogenated alkanes) is 1. The predicted octanol–water partition coefficient (Wildman–Crippen LogP) is 3.96. The van der Waals surface area contributed by atoms with Gasteiger partial charge in [0.15, 0.2) is 6.61 Å². The number of carbonyl (C=O) groups is 1. The summed E-state index contributed by atoms with van der Waals surface area (Å²) >= 11 is 1.55. The van der Waals surface area contributed by atoms with E-state index >= 15 is 0 Å². The molecule has 0 saturated heterocycles. The number of rotatable bonds is 7. The van der Waals surface area contributed by atoms with Crippen molar-refractivity contribution in [1.29, 1.82) is 0 Å². The number of benzene rings is 1. The van der Waals surface area contributed by atoms with Crippen molar-refractivity contribution < 1.29 is 9.53 Å². The predicted molar refractivity (Wildman–Crippen MR) is 101 cm³/mol. The molecule has 5 nitrogen and oxygen atoms in total. The summed E-state index contributed by atoms with van der Waals surface area (Å²) < 4.78 is 5.70. The van der Waals surface area contributed by atoms with Crippen LogP contribution < -0.4 is 10.1 Å². The maximum absolute atomic E-state index is 11.9. The summed E-state index contributed by atoms with van der Waals surface area (Å²) in [5.41, 5.74) is 3.32. The second kappa shape index (κ2) is 8.07. The van der Waals surface area contributed by atoms with Gasteiger partial charge in [-0.25, -0.2) is 9.97 Å². The van der Waals surface area contributed by atoms with Crippen LogP contribution in [-0.4, -0.2) is 29.0 Å². The number of fused-ring (bicyclic) bond motifs is 1. The smallest absolute Gasteiger partial charge is 0.258 e. The summed E-state index contributed by atoms with van der Waals surface area (Å²) in [4.78, 5) is 21.3. The average Bonchev–Trinajstić information content (AvgIpc) is 3.05. The molecule has 3 rings (SSSR count). The highest BCUT2D eigenvalue weighted by Gasteiger charge is 2.15. The summed E-state index contributed by atoms with van der Waals surface area (Å²) in [5.74, 6) is 0.319. The van der Waals surface area contributed by atoms with Gasteiger partial charge in [0.05, 0.1) is 5.39 Å². The quantitative estimate of drug-likeness (QED) is 0.652. The van der Waals surface area contributed by atoms with Gasteiger partial charge in [0, 0.05) is 17.5 Å². The van der Waals surface area contributed by atoms with Crippen molar-refractivity contribution in [3.63, 3.8) is 0 Å². The Morgan fingerprint density at radius 1 is 1.24 bits per heavy atom. The first-order valence-corrected chi connectivity index (χ1v) is 9.25. The number of thiophene rings is 1. The minimum Gasteiger partial charge on any atom is -0.467 e. The lowest BCUT2D eigenvalue weighted by Crippen LogP contribution is -2.29. The maximum atomic E-state index is 11.9. The molecule has 2 heterocycles. The minimum absolute atomic E-state index is 0.0426. The van der Waals surface area contributed by atoms with Crippen LogP contribution in [0.1, 0.15) is 25.3 Å². The zero-order valence-corrected chi connectivity index (χ0v) is 15.2. The molecule has 0 aliphatic carbocycles. The fourth-order valence-corrected chi connectivity index (χ4v) is 3.40. The number of nitrogens with zero attached hydrogens (tertiary/aromatic N) is 2. The van der Waals surface area contributed by atoms with E-state index in [-0.39, 0.29) is 12.5 Å². The van der Waals surface area contributed by atoms with Crippen LogP contribution in [0, 0.1) is 6.92 Å². The first kappa shape index (κ1) is 17.4.